The van der Waals surface area contributed by atoms with Crippen LogP contribution < -0.4 is 10.6 Å². The first-order valence-electron chi connectivity index (χ1n) is 9.59. The van der Waals surface area contributed by atoms with E-state index < -0.39 is 0 Å². The second-order valence-corrected chi connectivity index (χ2v) is 7.64. The third-order valence-corrected chi connectivity index (χ3v) is 5.50. The zero-order valence-electron chi connectivity index (χ0n) is 16.1. The molecular weight excluding hydrogens is 364 g/mol. The molecule has 3 nitrogen and oxygen atoms in total. The molecule has 0 radical (unpaired) electrons. The highest BCUT2D eigenvalue weighted by Gasteiger charge is 2.17. The number of benzene rings is 3. The summed E-state index contributed by atoms with van der Waals surface area (Å²) < 4.78 is 0. The molecule has 0 spiro atoms. The van der Waals surface area contributed by atoms with Gasteiger partial charge in [0.05, 0.1) is 6.04 Å². The topological polar surface area (TPSA) is 41.1 Å². The zero-order valence-corrected chi connectivity index (χ0v) is 16.9. The molecule has 0 saturated carbocycles. The molecule has 0 aromatic heterocycles. The predicted octanol–water partition coefficient (Wildman–Crippen LogP) is 5.14. The Labute approximate surface area is 171 Å². The summed E-state index contributed by atoms with van der Waals surface area (Å²) in [5.41, 5.74) is 3.28. The van der Waals surface area contributed by atoms with Gasteiger partial charge in [-0.15, -0.1) is 11.8 Å². The molecule has 0 aliphatic carbocycles. The van der Waals surface area contributed by atoms with Gasteiger partial charge in [0.15, 0.2) is 0 Å². The number of thioether (sulfide) groups is 1. The molecule has 0 aliphatic rings. The summed E-state index contributed by atoms with van der Waals surface area (Å²) in [6.45, 7) is 2.77. The van der Waals surface area contributed by atoms with Gasteiger partial charge < -0.3 is 10.6 Å². The minimum atomic E-state index is -0.250. The Bertz CT molecular complexity index is 851. The molecule has 28 heavy (non-hydrogen) atoms. The molecule has 1 unspecified atom stereocenters. The quantitative estimate of drug-likeness (QED) is 0.497. The number of likely N-dealkylation sites (N-methyl/N-ethyl adjacent to an activating group) is 1. The van der Waals surface area contributed by atoms with E-state index in [-0.39, 0.29) is 11.9 Å². The molecule has 3 aromatic rings. The number of nitrogens with one attached hydrogen (secondary N) is 2. The number of anilines is 1. The average molecular weight is 391 g/mol. The van der Waals surface area contributed by atoms with Gasteiger partial charge in [0, 0.05) is 16.3 Å². The first-order chi connectivity index (χ1) is 13.7. The number of carbonyl (C=O) groups is 1. The fourth-order valence-electron chi connectivity index (χ4n) is 2.96. The lowest BCUT2D eigenvalue weighted by Crippen LogP contribution is -2.42. The fourth-order valence-corrected chi connectivity index (χ4v) is 3.81. The fraction of sp³-hybridized carbons (Fsp3) is 0.208. The van der Waals surface area contributed by atoms with Crippen LogP contribution in [0.5, 0.6) is 0 Å². The summed E-state index contributed by atoms with van der Waals surface area (Å²) in [4.78, 5) is 13.9. The van der Waals surface area contributed by atoms with Gasteiger partial charge in [0.25, 0.3) is 0 Å². The van der Waals surface area contributed by atoms with Crippen LogP contribution in [0.1, 0.15) is 18.1 Å². The highest BCUT2D eigenvalue weighted by molar-refractivity contribution is 7.98. The van der Waals surface area contributed by atoms with Gasteiger partial charge in [-0.25, -0.2) is 0 Å². The number of hydrogen-bond donors (Lipinski definition) is 2. The molecule has 0 heterocycles. The Morgan fingerprint density at radius 1 is 0.857 bits per heavy atom. The van der Waals surface area contributed by atoms with Crippen molar-refractivity contribution in [2.45, 2.75) is 30.0 Å². The van der Waals surface area contributed by atoms with Crippen LogP contribution in [0.15, 0.2) is 89.8 Å². The molecule has 0 bridgehead atoms. The normalized spacial score (nSPS) is 11.8. The van der Waals surface area contributed by atoms with Gasteiger partial charge >= 0.3 is 0 Å². The second kappa shape index (κ2) is 10.7. The Morgan fingerprint density at radius 2 is 1.46 bits per heavy atom. The Morgan fingerprint density at radius 3 is 2.07 bits per heavy atom. The van der Waals surface area contributed by atoms with E-state index in [0.29, 0.717) is 6.42 Å². The molecule has 0 fully saturated rings. The monoisotopic (exact) mass is 390 g/mol. The number of rotatable bonds is 9. The van der Waals surface area contributed by atoms with Crippen LogP contribution >= 0.6 is 11.8 Å². The van der Waals surface area contributed by atoms with Crippen LogP contribution in [-0.4, -0.2) is 18.5 Å². The summed E-state index contributed by atoms with van der Waals surface area (Å²) in [5, 5.41) is 6.32. The molecule has 144 valence electrons. The van der Waals surface area contributed by atoms with E-state index in [1.54, 1.807) is 11.8 Å². The summed E-state index contributed by atoms with van der Waals surface area (Å²) in [6, 6.07) is 28.3. The maximum atomic E-state index is 12.7. The third-order valence-electron chi connectivity index (χ3n) is 4.42. The van der Waals surface area contributed by atoms with Gasteiger partial charge in [-0.1, -0.05) is 67.6 Å². The van der Waals surface area contributed by atoms with E-state index in [0.717, 1.165) is 23.5 Å². The molecule has 0 aliphatic heterocycles. The van der Waals surface area contributed by atoms with Crippen LogP contribution in [0.25, 0.3) is 0 Å². The highest BCUT2D eigenvalue weighted by Crippen LogP contribution is 2.24. The highest BCUT2D eigenvalue weighted by atomic mass is 32.2. The minimum Gasteiger partial charge on any atom is -0.325 e. The van der Waals surface area contributed by atoms with Crippen molar-refractivity contribution in [2.24, 2.45) is 0 Å². The third kappa shape index (κ3) is 6.25. The first-order valence-corrected chi connectivity index (χ1v) is 10.6. The average Bonchev–Trinajstić information content (AvgIpc) is 2.74. The zero-order chi connectivity index (χ0) is 19.6. The Hall–Kier alpha value is -2.56. The number of amides is 1. The minimum absolute atomic E-state index is 0.00427. The summed E-state index contributed by atoms with van der Waals surface area (Å²) in [6.07, 6.45) is 0.672. The number of carbonyl (C=O) groups excluding carboxylic acids is 1. The van der Waals surface area contributed by atoms with Crippen LogP contribution in [0.2, 0.25) is 0 Å². The maximum absolute atomic E-state index is 12.7. The second-order valence-electron chi connectivity index (χ2n) is 6.59. The standard InChI is InChI=1S/C24H26N2OS/c1-2-25-23(17-19-9-5-3-6-10-19)24(27)26-21-13-15-22(16-14-21)28-18-20-11-7-4-8-12-20/h3-16,23,25H,2,17-18H2,1H3,(H,26,27). The summed E-state index contributed by atoms with van der Waals surface area (Å²) in [5.74, 6) is 0.932. The molecule has 3 rings (SSSR count). The van der Waals surface area contributed by atoms with Gasteiger partial charge in [0.1, 0.15) is 0 Å². The van der Waals surface area contributed by atoms with Crippen molar-refractivity contribution in [3.8, 4) is 0 Å². The van der Waals surface area contributed by atoms with E-state index in [9.17, 15) is 4.79 Å². The van der Waals surface area contributed by atoms with E-state index in [4.69, 9.17) is 0 Å². The van der Waals surface area contributed by atoms with Gasteiger partial charge in [-0.2, -0.15) is 0 Å². The van der Waals surface area contributed by atoms with Crippen LogP contribution in [0.4, 0.5) is 5.69 Å². The molecule has 2 N–H and O–H groups in total. The smallest absolute Gasteiger partial charge is 0.241 e. The maximum Gasteiger partial charge on any atom is 0.241 e. The van der Waals surface area contributed by atoms with E-state index >= 15 is 0 Å². The van der Waals surface area contributed by atoms with Crippen molar-refractivity contribution in [3.05, 3.63) is 96.1 Å². The lowest BCUT2D eigenvalue weighted by Gasteiger charge is -2.18. The predicted molar refractivity (Wildman–Crippen MR) is 119 cm³/mol. The van der Waals surface area contributed by atoms with E-state index in [1.807, 2.05) is 43.3 Å². The Balaban J connectivity index is 1.56. The van der Waals surface area contributed by atoms with Crippen molar-refractivity contribution in [1.29, 1.82) is 0 Å². The van der Waals surface area contributed by atoms with Gasteiger partial charge in [0.2, 0.25) is 5.91 Å². The van der Waals surface area contributed by atoms with Gasteiger partial charge in [-0.05, 0) is 48.4 Å². The van der Waals surface area contributed by atoms with E-state index in [1.165, 1.54) is 10.5 Å². The molecule has 1 amide bonds. The molecular formula is C24H26N2OS. The van der Waals surface area contributed by atoms with Gasteiger partial charge in [-0.3, -0.25) is 4.79 Å². The van der Waals surface area contributed by atoms with Crippen LogP contribution in [0.3, 0.4) is 0 Å². The van der Waals surface area contributed by atoms with Crippen molar-refractivity contribution in [2.75, 3.05) is 11.9 Å². The molecule has 1 atom stereocenters. The largest absolute Gasteiger partial charge is 0.325 e. The Kier molecular flexibility index (Phi) is 7.71. The van der Waals surface area contributed by atoms with Crippen LogP contribution in [0, 0.1) is 0 Å². The molecule has 3 aromatic carbocycles. The van der Waals surface area contributed by atoms with Crippen molar-refractivity contribution < 1.29 is 4.79 Å². The lowest BCUT2D eigenvalue weighted by atomic mass is 10.1. The molecule has 0 saturated heterocycles. The summed E-state index contributed by atoms with van der Waals surface area (Å²) >= 11 is 1.79. The summed E-state index contributed by atoms with van der Waals surface area (Å²) in [7, 11) is 0. The van der Waals surface area contributed by atoms with Crippen molar-refractivity contribution in [3.63, 3.8) is 0 Å². The van der Waals surface area contributed by atoms with Crippen molar-refractivity contribution >= 4 is 23.4 Å². The SMILES string of the molecule is CCNC(Cc1ccccc1)C(=O)Nc1ccc(SCc2ccccc2)cc1. The number of hydrogen-bond acceptors (Lipinski definition) is 3. The lowest BCUT2D eigenvalue weighted by molar-refractivity contribution is -0.118. The van der Waals surface area contributed by atoms with Crippen LogP contribution in [-0.2, 0) is 17.0 Å². The molecule has 4 heteroatoms. The van der Waals surface area contributed by atoms with E-state index in [2.05, 4.69) is 59.2 Å². The van der Waals surface area contributed by atoms with Crippen molar-refractivity contribution in [1.82, 2.24) is 5.32 Å². The first kappa shape index (κ1) is 20.2.